The third kappa shape index (κ3) is 4.15. The standard InChI is InChI=1S/C17H31N3O.ClH/c1-19(16-10-13-8-9-14(11-16)18-13)12-17(21)20(2)15-6-4-3-5-7-15;/h13-16,18H,3-12H2,1-2H3;1H. The van der Waals surface area contributed by atoms with Crippen molar-refractivity contribution in [3.63, 3.8) is 0 Å². The summed E-state index contributed by atoms with van der Waals surface area (Å²) < 4.78 is 0. The van der Waals surface area contributed by atoms with Crippen LogP contribution in [0.4, 0.5) is 0 Å². The second-order valence-electron chi connectivity index (χ2n) is 7.47. The number of nitrogens with zero attached hydrogens (tertiary/aromatic N) is 2. The van der Waals surface area contributed by atoms with Crippen molar-refractivity contribution in [1.82, 2.24) is 15.1 Å². The van der Waals surface area contributed by atoms with Gasteiger partial charge in [0.15, 0.2) is 0 Å². The molecule has 0 aromatic heterocycles. The van der Waals surface area contributed by atoms with Crippen molar-refractivity contribution in [3.8, 4) is 0 Å². The largest absolute Gasteiger partial charge is 0.342 e. The van der Waals surface area contributed by atoms with E-state index < -0.39 is 0 Å². The van der Waals surface area contributed by atoms with E-state index in [1.165, 1.54) is 57.8 Å². The quantitative estimate of drug-likeness (QED) is 0.860. The molecule has 0 aromatic carbocycles. The molecule has 0 radical (unpaired) electrons. The summed E-state index contributed by atoms with van der Waals surface area (Å²) in [6, 6.07) is 2.47. The SMILES string of the molecule is CN(CC(=O)N(C)C1CCCCC1)C1CC2CCC(C1)N2.Cl. The summed E-state index contributed by atoms with van der Waals surface area (Å²) in [5.41, 5.74) is 0. The van der Waals surface area contributed by atoms with Crippen LogP contribution in [0.25, 0.3) is 0 Å². The Labute approximate surface area is 141 Å². The third-order valence-corrected chi connectivity index (χ3v) is 5.97. The van der Waals surface area contributed by atoms with Gasteiger partial charge >= 0.3 is 0 Å². The highest BCUT2D eigenvalue weighted by Crippen LogP contribution is 2.29. The molecule has 3 fully saturated rings. The number of amides is 1. The van der Waals surface area contributed by atoms with Gasteiger partial charge in [0.25, 0.3) is 0 Å². The van der Waals surface area contributed by atoms with Crippen LogP contribution in [0.1, 0.15) is 57.8 Å². The zero-order valence-electron chi connectivity index (χ0n) is 14.1. The van der Waals surface area contributed by atoms with Gasteiger partial charge in [0, 0.05) is 31.2 Å². The van der Waals surface area contributed by atoms with Gasteiger partial charge in [0.05, 0.1) is 6.54 Å². The number of nitrogens with one attached hydrogen (secondary N) is 1. The summed E-state index contributed by atoms with van der Waals surface area (Å²) in [6.45, 7) is 0.594. The molecule has 1 aliphatic carbocycles. The van der Waals surface area contributed by atoms with Crippen LogP contribution in [-0.2, 0) is 4.79 Å². The minimum absolute atomic E-state index is 0. The number of hydrogen-bond acceptors (Lipinski definition) is 3. The minimum atomic E-state index is 0. The smallest absolute Gasteiger partial charge is 0.236 e. The number of halogens is 1. The van der Waals surface area contributed by atoms with Gasteiger partial charge < -0.3 is 10.2 Å². The molecule has 1 saturated carbocycles. The number of piperidine rings is 1. The zero-order valence-corrected chi connectivity index (χ0v) is 14.9. The maximum Gasteiger partial charge on any atom is 0.236 e. The van der Waals surface area contributed by atoms with Crippen molar-refractivity contribution < 1.29 is 4.79 Å². The van der Waals surface area contributed by atoms with E-state index in [0.29, 0.717) is 36.6 Å². The van der Waals surface area contributed by atoms with Gasteiger partial charge in [-0.25, -0.2) is 0 Å². The Bertz CT molecular complexity index is 361. The van der Waals surface area contributed by atoms with Crippen molar-refractivity contribution in [2.24, 2.45) is 0 Å². The molecule has 0 aromatic rings. The van der Waals surface area contributed by atoms with Gasteiger partial charge in [0.1, 0.15) is 0 Å². The lowest BCUT2D eigenvalue weighted by Gasteiger charge is -2.37. The number of rotatable bonds is 4. The molecule has 2 heterocycles. The Morgan fingerprint density at radius 1 is 0.955 bits per heavy atom. The van der Waals surface area contributed by atoms with Gasteiger partial charge in [-0.05, 0) is 45.6 Å². The van der Waals surface area contributed by atoms with Crippen molar-refractivity contribution in [2.45, 2.75) is 82.0 Å². The molecule has 1 amide bonds. The lowest BCUT2D eigenvalue weighted by Crippen LogP contribution is -2.50. The lowest BCUT2D eigenvalue weighted by atomic mass is 9.94. The number of carbonyl (C=O) groups excluding carboxylic acids is 1. The first-order valence-electron chi connectivity index (χ1n) is 8.85. The molecule has 1 N–H and O–H groups in total. The normalized spacial score (nSPS) is 31.9. The predicted octanol–water partition coefficient (Wildman–Crippen LogP) is 2.41. The Balaban J connectivity index is 0.00000176. The Morgan fingerprint density at radius 2 is 1.55 bits per heavy atom. The average Bonchev–Trinajstić information content (AvgIpc) is 2.85. The molecule has 2 saturated heterocycles. The van der Waals surface area contributed by atoms with Crippen molar-refractivity contribution in [2.75, 3.05) is 20.6 Å². The second kappa shape index (κ2) is 7.98. The van der Waals surface area contributed by atoms with Crippen LogP contribution in [0.3, 0.4) is 0 Å². The number of carbonyl (C=O) groups is 1. The third-order valence-electron chi connectivity index (χ3n) is 5.97. The Morgan fingerprint density at radius 3 is 2.14 bits per heavy atom. The summed E-state index contributed by atoms with van der Waals surface area (Å²) >= 11 is 0. The molecule has 0 spiro atoms. The van der Waals surface area contributed by atoms with E-state index in [1.807, 2.05) is 11.9 Å². The fourth-order valence-electron chi connectivity index (χ4n) is 4.51. The molecule has 4 nitrogen and oxygen atoms in total. The van der Waals surface area contributed by atoms with E-state index in [2.05, 4.69) is 17.3 Å². The highest BCUT2D eigenvalue weighted by molar-refractivity contribution is 5.85. The maximum absolute atomic E-state index is 12.5. The highest BCUT2D eigenvalue weighted by Gasteiger charge is 2.35. The van der Waals surface area contributed by atoms with Crippen molar-refractivity contribution in [3.05, 3.63) is 0 Å². The molecule has 2 aliphatic heterocycles. The average molecular weight is 330 g/mol. The summed E-state index contributed by atoms with van der Waals surface area (Å²) in [5.74, 6) is 0.315. The molecule has 3 rings (SSSR count). The first-order chi connectivity index (χ1) is 10.1. The molecule has 22 heavy (non-hydrogen) atoms. The van der Waals surface area contributed by atoms with E-state index in [0.717, 1.165) is 0 Å². The van der Waals surface area contributed by atoms with E-state index in [1.54, 1.807) is 0 Å². The molecular formula is C17H32ClN3O. The predicted molar refractivity (Wildman–Crippen MR) is 92.5 cm³/mol. The first kappa shape index (κ1) is 18.0. The van der Waals surface area contributed by atoms with Gasteiger partial charge in [-0.1, -0.05) is 19.3 Å². The van der Waals surface area contributed by atoms with Crippen LogP contribution in [0.2, 0.25) is 0 Å². The first-order valence-corrected chi connectivity index (χ1v) is 8.85. The van der Waals surface area contributed by atoms with Gasteiger partial charge in [-0.15, -0.1) is 12.4 Å². The highest BCUT2D eigenvalue weighted by atomic mass is 35.5. The molecular weight excluding hydrogens is 298 g/mol. The molecule has 5 heteroatoms. The number of likely N-dealkylation sites (N-methyl/N-ethyl adjacent to an activating group) is 2. The molecule has 2 unspecified atom stereocenters. The number of hydrogen-bond donors (Lipinski definition) is 1. The molecule has 2 bridgehead atoms. The summed E-state index contributed by atoms with van der Waals surface area (Å²) in [7, 11) is 4.15. The Hall–Kier alpha value is -0.320. The van der Waals surface area contributed by atoms with Crippen molar-refractivity contribution >= 4 is 18.3 Å². The lowest BCUT2D eigenvalue weighted by molar-refractivity contribution is -0.134. The summed E-state index contributed by atoms with van der Waals surface area (Å²) in [4.78, 5) is 16.9. The van der Waals surface area contributed by atoms with E-state index in [4.69, 9.17) is 0 Å². The van der Waals surface area contributed by atoms with Crippen LogP contribution in [0.5, 0.6) is 0 Å². The second-order valence-corrected chi connectivity index (χ2v) is 7.47. The van der Waals surface area contributed by atoms with Crippen LogP contribution in [0, 0.1) is 0 Å². The van der Waals surface area contributed by atoms with E-state index in [-0.39, 0.29) is 12.4 Å². The van der Waals surface area contributed by atoms with Gasteiger partial charge in [-0.2, -0.15) is 0 Å². The molecule has 128 valence electrons. The van der Waals surface area contributed by atoms with E-state index in [9.17, 15) is 4.79 Å². The maximum atomic E-state index is 12.5. The summed E-state index contributed by atoms with van der Waals surface area (Å²) in [6.07, 6.45) is 11.4. The van der Waals surface area contributed by atoms with Crippen molar-refractivity contribution in [1.29, 1.82) is 0 Å². The van der Waals surface area contributed by atoms with Crippen LogP contribution in [-0.4, -0.2) is 60.5 Å². The van der Waals surface area contributed by atoms with Gasteiger partial charge in [-0.3, -0.25) is 9.69 Å². The van der Waals surface area contributed by atoms with Crippen LogP contribution >= 0.6 is 12.4 Å². The summed E-state index contributed by atoms with van der Waals surface area (Å²) in [5, 5.41) is 3.68. The fourth-order valence-corrected chi connectivity index (χ4v) is 4.51. The van der Waals surface area contributed by atoms with Gasteiger partial charge in [0.2, 0.25) is 5.91 Å². The molecule has 2 atom stereocenters. The van der Waals surface area contributed by atoms with E-state index >= 15 is 0 Å². The number of fused-ring (bicyclic) bond motifs is 2. The van der Waals surface area contributed by atoms with Crippen LogP contribution in [0.15, 0.2) is 0 Å². The Kier molecular flexibility index (Phi) is 6.54. The zero-order chi connectivity index (χ0) is 14.8. The molecule has 3 aliphatic rings. The fraction of sp³-hybridized carbons (Fsp3) is 0.941. The topological polar surface area (TPSA) is 35.6 Å². The minimum Gasteiger partial charge on any atom is -0.342 e. The monoisotopic (exact) mass is 329 g/mol. The van der Waals surface area contributed by atoms with Crippen LogP contribution < -0.4 is 5.32 Å².